The molecule has 0 bridgehead atoms. The van der Waals surface area contributed by atoms with Crippen LogP contribution in [0, 0.1) is 11.8 Å². The van der Waals surface area contributed by atoms with Crippen LogP contribution >= 0.6 is 0 Å². The average Bonchev–Trinajstić information content (AvgIpc) is 3.04. The maximum absolute atomic E-state index is 12.2. The second kappa shape index (κ2) is 8.62. The van der Waals surface area contributed by atoms with Crippen molar-refractivity contribution in [2.24, 2.45) is 11.8 Å². The Morgan fingerprint density at radius 2 is 1.76 bits per heavy atom. The fourth-order valence-electron chi connectivity index (χ4n) is 3.89. The van der Waals surface area contributed by atoms with E-state index >= 15 is 0 Å². The standard InChI is InChI=1S/C17H32N2O2/c1-19(16-10-8-15(13-20)9-11-16)17(21)18-12-4-7-14-5-2-3-6-14/h14-16,20H,2-13H2,1H3,(H,18,21). The van der Waals surface area contributed by atoms with Crippen molar-refractivity contribution in [3.8, 4) is 0 Å². The van der Waals surface area contributed by atoms with Gasteiger partial charge in [0.25, 0.3) is 0 Å². The van der Waals surface area contributed by atoms with Crippen molar-refractivity contribution >= 4 is 6.03 Å². The normalized spacial score (nSPS) is 26.8. The summed E-state index contributed by atoms with van der Waals surface area (Å²) in [6.45, 7) is 1.11. The van der Waals surface area contributed by atoms with Gasteiger partial charge in [0.05, 0.1) is 0 Å². The molecule has 4 nitrogen and oxygen atoms in total. The largest absolute Gasteiger partial charge is 0.396 e. The molecule has 2 rings (SSSR count). The Balaban J connectivity index is 1.58. The van der Waals surface area contributed by atoms with Gasteiger partial charge in [0.2, 0.25) is 0 Å². The van der Waals surface area contributed by atoms with Gasteiger partial charge < -0.3 is 15.3 Å². The number of hydrogen-bond donors (Lipinski definition) is 2. The molecule has 2 aliphatic rings. The first kappa shape index (κ1) is 16.6. The van der Waals surface area contributed by atoms with Crippen LogP contribution in [-0.4, -0.2) is 42.3 Å². The van der Waals surface area contributed by atoms with Gasteiger partial charge in [-0.3, -0.25) is 0 Å². The minimum atomic E-state index is 0.0777. The Bertz CT molecular complexity index is 308. The smallest absolute Gasteiger partial charge is 0.317 e. The molecule has 0 radical (unpaired) electrons. The van der Waals surface area contributed by atoms with Crippen molar-refractivity contribution in [1.82, 2.24) is 10.2 Å². The summed E-state index contributed by atoms with van der Waals surface area (Å²) >= 11 is 0. The number of hydrogen-bond acceptors (Lipinski definition) is 2. The Morgan fingerprint density at radius 1 is 1.10 bits per heavy atom. The topological polar surface area (TPSA) is 52.6 Å². The lowest BCUT2D eigenvalue weighted by atomic mass is 9.86. The Morgan fingerprint density at radius 3 is 2.38 bits per heavy atom. The summed E-state index contributed by atoms with van der Waals surface area (Å²) in [6, 6.07) is 0.427. The molecule has 0 unspecified atom stereocenters. The molecule has 122 valence electrons. The summed E-state index contributed by atoms with van der Waals surface area (Å²) in [5.74, 6) is 1.36. The van der Waals surface area contributed by atoms with Crippen LogP contribution in [0.25, 0.3) is 0 Å². The van der Waals surface area contributed by atoms with Crippen molar-refractivity contribution in [1.29, 1.82) is 0 Å². The molecule has 0 saturated heterocycles. The molecule has 0 atom stereocenters. The van der Waals surface area contributed by atoms with Crippen LogP contribution in [0.2, 0.25) is 0 Å². The highest BCUT2D eigenvalue weighted by Crippen LogP contribution is 2.28. The van der Waals surface area contributed by atoms with E-state index in [-0.39, 0.29) is 6.03 Å². The van der Waals surface area contributed by atoms with E-state index in [2.05, 4.69) is 5.32 Å². The Labute approximate surface area is 129 Å². The van der Waals surface area contributed by atoms with Gasteiger partial charge in [0.1, 0.15) is 0 Å². The maximum atomic E-state index is 12.2. The molecule has 2 N–H and O–H groups in total. The number of aliphatic hydroxyl groups is 1. The average molecular weight is 296 g/mol. The Kier molecular flexibility index (Phi) is 6.81. The van der Waals surface area contributed by atoms with Crippen molar-refractivity contribution in [2.75, 3.05) is 20.2 Å². The lowest BCUT2D eigenvalue weighted by Gasteiger charge is -2.34. The van der Waals surface area contributed by atoms with Crippen LogP contribution in [0.15, 0.2) is 0 Å². The minimum absolute atomic E-state index is 0.0777. The fourth-order valence-corrected chi connectivity index (χ4v) is 3.89. The summed E-state index contributed by atoms with van der Waals surface area (Å²) in [5, 5.41) is 12.2. The van der Waals surface area contributed by atoms with Gasteiger partial charge in [-0.25, -0.2) is 4.79 Å². The molecule has 4 heteroatoms. The number of rotatable bonds is 6. The van der Waals surface area contributed by atoms with Gasteiger partial charge in [-0.05, 0) is 50.4 Å². The van der Waals surface area contributed by atoms with Crippen LogP contribution in [0.4, 0.5) is 4.79 Å². The molecule has 0 aromatic rings. The number of aliphatic hydroxyl groups excluding tert-OH is 1. The third-order valence-corrected chi connectivity index (χ3v) is 5.48. The van der Waals surface area contributed by atoms with E-state index in [1.54, 1.807) is 0 Å². The van der Waals surface area contributed by atoms with Crippen molar-refractivity contribution < 1.29 is 9.90 Å². The first-order chi connectivity index (χ1) is 10.2. The van der Waals surface area contributed by atoms with Crippen LogP contribution in [-0.2, 0) is 0 Å². The second-order valence-corrected chi connectivity index (χ2v) is 6.99. The highest BCUT2D eigenvalue weighted by molar-refractivity contribution is 5.74. The van der Waals surface area contributed by atoms with E-state index in [0.717, 1.165) is 44.6 Å². The number of carbonyl (C=O) groups excluding carboxylic acids is 1. The highest BCUT2D eigenvalue weighted by atomic mass is 16.3. The molecule has 0 aliphatic heterocycles. The number of carbonyl (C=O) groups is 1. The number of nitrogens with one attached hydrogen (secondary N) is 1. The number of amides is 2. The van der Waals surface area contributed by atoms with Gasteiger partial charge in [-0.15, -0.1) is 0 Å². The van der Waals surface area contributed by atoms with Gasteiger partial charge in [-0.2, -0.15) is 0 Å². The highest BCUT2D eigenvalue weighted by Gasteiger charge is 2.26. The Hall–Kier alpha value is -0.770. The van der Waals surface area contributed by atoms with E-state index in [9.17, 15) is 4.79 Å². The third-order valence-electron chi connectivity index (χ3n) is 5.48. The van der Waals surface area contributed by atoms with Gasteiger partial charge in [-0.1, -0.05) is 25.7 Å². The first-order valence-corrected chi connectivity index (χ1v) is 8.82. The minimum Gasteiger partial charge on any atom is -0.396 e. The molecular formula is C17H32N2O2. The van der Waals surface area contributed by atoms with E-state index < -0.39 is 0 Å². The molecule has 21 heavy (non-hydrogen) atoms. The predicted octanol–water partition coefficient (Wildman–Crippen LogP) is 3.15. The fraction of sp³-hybridized carbons (Fsp3) is 0.941. The zero-order chi connectivity index (χ0) is 15.1. The van der Waals surface area contributed by atoms with Crippen molar-refractivity contribution in [2.45, 2.75) is 70.3 Å². The van der Waals surface area contributed by atoms with Crippen molar-refractivity contribution in [3.05, 3.63) is 0 Å². The summed E-state index contributed by atoms with van der Waals surface area (Å²) in [6.07, 6.45) is 12.1. The van der Waals surface area contributed by atoms with Gasteiger partial charge in [0, 0.05) is 26.2 Å². The zero-order valence-electron chi connectivity index (χ0n) is 13.5. The van der Waals surface area contributed by atoms with Crippen LogP contribution in [0.5, 0.6) is 0 Å². The molecule has 0 heterocycles. The van der Waals surface area contributed by atoms with Crippen molar-refractivity contribution in [3.63, 3.8) is 0 Å². The van der Waals surface area contributed by atoms with E-state index in [4.69, 9.17) is 5.11 Å². The third kappa shape index (κ3) is 5.17. The quantitative estimate of drug-likeness (QED) is 0.740. The summed E-state index contributed by atoms with van der Waals surface area (Å²) < 4.78 is 0. The number of nitrogens with zero attached hydrogens (tertiary/aromatic N) is 1. The molecule has 2 saturated carbocycles. The van der Waals surface area contributed by atoms with Crippen LogP contribution in [0.3, 0.4) is 0 Å². The maximum Gasteiger partial charge on any atom is 0.317 e. The van der Waals surface area contributed by atoms with Crippen LogP contribution < -0.4 is 5.32 Å². The molecule has 2 aliphatic carbocycles. The van der Waals surface area contributed by atoms with E-state index in [1.807, 2.05) is 11.9 Å². The molecule has 2 amide bonds. The van der Waals surface area contributed by atoms with Gasteiger partial charge >= 0.3 is 6.03 Å². The molecule has 0 aromatic carbocycles. The number of urea groups is 1. The lowest BCUT2D eigenvalue weighted by Crippen LogP contribution is -2.45. The summed E-state index contributed by atoms with van der Waals surface area (Å²) in [4.78, 5) is 14.0. The summed E-state index contributed by atoms with van der Waals surface area (Å²) in [5.41, 5.74) is 0. The SMILES string of the molecule is CN(C(=O)NCCCC1CCCC1)C1CCC(CO)CC1. The van der Waals surface area contributed by atoms with E-state index in [0.29, 0.717) is 18.6 Å². The molecular weight excluding hydrogens is 264 g/mol. The summed E-state index contributed by atoms with van der Waals surface area (Å²) in [7, 11) is 1.91. The zero-order valence-corrected chi connectivity index (χ0v) is 13.5. The molecule has 0 aromatic heterocycles. The van der Waals surface area contributed by atoms with Gasteiger partial charge in [0.15, 0.2) is 0 Å². The lowest BCUT2D eigenvalue weighted by molar-refractivity contribution is 0.134. The second-order valence-electron chi connectivity index (χ2n) is 6.99. The van der Waals surface area contributed by atoms with E-state index in [1.165, 1.54) is 32.1 Å². The molecule has 2 fully saturated rings. The molecule has 0 spiro atoms. The van der Waals surface area contributed by atoms with Crippen LogP contribution in [0.1, 0.15) is 64.2 Å². The first-order valence-electron chi connectivity index (χ1n) is 8.82. The predicted molar refractivity (Wildman–Crippen MR) is 85.2 cm³/mol. The monoisotopic (exact) mass is 296 g/mol.